The van der Waals surface area contributed by atoms with E-state index in [4.69, 9.17) is 4.74 Å². The van der Waals surface area contributed by atoms with E-state index >= 15 is 0 Å². The second-order valence-electron chi connectivity index (χ2n) is 5.57. The first-order valence-electron chi connectivity index (χ1n) is 7.33. The number of unbranched alkanes of at least 4 members (excludes halogenated alkanes) is 2. The highest BCUT2D eigenvalue weighted by Crippen LogP contribution is 2.11. The molecule has 108 valence electrons. The van der Waals surface area contributed by atoms with Crippen LogP contribution in [0.15, 0.2) is 0 Å². The molecule has 0 saturated heterocycles. The Kier molecular flexibility index (Phi) is 10.0. The van der Waals surface area contributed by atoms with E-state index in [1.54, 1.807) is 0 Å². The number of nitrogens with zero attached hydrogens (tertiary/aromatic N) is 1. The number of esters is 1. The van der Waals surface area contributed by atoms with Crippen molar-refractivity contribution >= 4 is 5.97 Å². The van der Waals surface area contributed by atoms with Crippen LogP contribution >= 0.6 is 0 Å². The predicted octanol–water partition coefficient (Wildman–Crippen LogP) is 3.48. The lowest BCUT2D eigenvalue weighted by Gasteiger charge is -2.26. The summed E-state index contributed by atoms with van der Waals surface area (Å²) in [4.78, 5) is 13.6. The largest absolute Gasteiger partial charge is 0.466 e. The monoisotopic (exact) mass is 257 g/mol. The first-order valence-corrected chi connectivity index (χ1v) is 7.33. The summed E-state index contributed by atoms with van der Waals surface area (Å²) in [6.07, 6.45) is 5.04. The van der Waals surface area contributed by atoms with Crippen LogP contribution in [0.3, 0.4) is 0 Å². The third-order valence-electron chi connectivity index (χ3n) is 3.26. The van der Waals surface area contributed by atoms with E-state index in [1.165, 1.54) is 12.8 Å². The van der Waals surface area contributed by atoms with E-state index < -0.39 is 0 Å². The zero-order chi connectivity index (χ0) is 14.0. The van der Waals surface area contributed by atoms with Gasteiger partial charge < -0.3 is 9.64 Å². The molecular formula is C15H31NO2. The van der Waals surface area contributed by atoms with Gasteiger partial charge in [-0.2, -0.15) is 0 Å². The highest BCUT2D eigenvalue weighted by molar-refractivity contribution is 5.69. The predicted molar refractivity (Wildman–Crippen MR) is 76.6 cm³/mol. The highest BCUT2D eigenvalue weighted by atomic mass is 16.5. The fourth-order valence-electron chi connectivity index (χ4n) is 2.12. The van der Waals surface area contributed by atoms with E-state index in [1.807, 2.05) is 6.92 Å². The van der Waals surface area contributed by atoms with Crippen LogP contribution in [0.4, 0.5) is 0 Å². The van der Waals surface area contributed by atoms with Crippen molar-refractivity contribution in [3.8, 4) is 0 Å². The Labute approximate surface area is 113 Å². The molecule has 0 saturated carbocycles. The van der Waals surface area contributed by atoms with Crippen molar-refractivity contribution in [1.29, 1.82) is 0 Å². The van der Waals surface area contributed by atoms with Gasteiger partial charge in [0.1, 0.15) is 0 Å². The van der Waals surface area contributed by atoms with Gasteiger partial charge in [0.2, 0.25) is 0 Å². The van der Waals surface area contributed by atoms with Gasteiger partial charge in [0, 0.05) is 12.5 Å². The average Bonchev–Trinajstić information content (AvgIpc) is 2.27. The third-order valence-corrected chi connectivity index (χ3v) is 3.26. The summed E-state index contributed by atoms with van der Waals surface area (Å²) in [6.45, 7) is 10.3. The van der Waals surface area contributed by atoms with Crippen LogP contribution < -0.4 is 0 Å². The van der Waals surface area contributed by atoms with Gasteiger partial charge in [-0.1, -0.05) is 20.3 Å². The van der Waals surface area contributed by atoms with Crippen molar-refractivity contribution in [3.63, 3.8) is 0 Å². The van der Waals surface area contributed by atoms with Crippen molar-refractivity contribution < 1.29 is 9.53 Å². The Hall–Kier alpha value is -0.570. The molecule has 0 aliphatic carbocycles. The molecule has 0 amide bonds. The molecule has 0 heterocycles. The zero-order valence-corrected chi connectivity index (χ0v) is 12.9. The molecule has 0 aromatic heterocycles. The molecule has 0 fully saturated rings. The minimum atomic E-state index is -0.0565. The lowest BCUT2D eigenvalue weighted by atomic mass is 10.0. The Morgan fingerprint density at radius 1 is 1.17 bits per heavy atom. The van der Waals surface area contributed by atoms with Gasteiger partial charge in [0.25, 0.3) is 0 Å². The minimum Gasteiger partial charge on any atom is -0.466 e. The Balaban J connectivity index is 3.50. The summed E-state index contributed by atoms with van der Waals surface area (Å²) in [5.74, 6) is 0.699. The van der Waals surface area contributed by atoms with E-state index in [0.717, 1.165) is 25.3 Å². The number of ether oxygens (including phenoxy) is 1. The molecule has 3 heteroatoms. The Bertz CT molecular complexity index is 217. The summed E-state index contributed by atoms with van der Waals surface area (Å²) in [7, 11) is 2.19. The van der Waals surface area contributed by atoms with Crippen LogP contribution in [0.1, 0.15) is 59.8 Å². The summed E-state index contributed by atoms with van der Waals surface area (Å²) in [5, 5.41) is 0. The number of hydrogen-bond acceptors (Lipinski definition) is 3. The lowest BCUT2D eigenvalue weighted by Crippen LogP contribution is -2.31. The molecule has 1 unspecified atom stereocenters. The smallest absolute Gasteiger partial charge is 0.305 e. The Morgan fingerprint density at radius 2 is 1.83 bits per heavy atom. The number of rotatable bonds is 10. The molecule has 18 heavy (non-hydrogen) atoms. The molecule has 0 radical (unpaired) electrons. The minimum absolute atomic E-state index is 0.0565. The van der Waals surface area contributed by atoms with Crippen molar-refractivity contribution in [2.75, 3.05) is 20.2 Å². The molecule has 0 N–H and O–H groups in total. The molecule has 0 bridgehead atoms. The first-order chi connectivity index (χ1) is 8.47. The van der Waals surface area contributed by atoms with Crippen molar-refractivity contribution in [1.82, 2.24) is 4.90 Å². The summed E-state index contributed by atoms with van der Waals surface area (Å²) in [6, 6.07) is 0.648. The average molecular weight is 257 g/mol. The maximum absolute atomic E-state index is 11.1. The molecule has 0 aliphatic rings. The topological polar surface area (TPSA) is 29.5 Å². The van der Waals surface area contributed by atoms with Gasteiger partial charge in [-0.25, -0.2) is 0 Å². The Morgan fingerprint density at radius 3 is 2.39 bits per heavy atom. The maximum Gasteiger partial charge on any atom is 0.305 e. The van der Waals surface area contributed by atoms with Crippen LogP contribution in [-0.2, 0) is 9.53 Å². The first kappa shape index (κ1) is 17.4. The van der Waals surface area contributed by atoms with E-state index in [9.17, 15) is 4.79 Å². The SMILES string of the molecule is CCOC(=O)CCCCCN(C)C(C)CC(C)C. The second kappa shape index (κ2) is 10.4. The van der Waals surface area contributed by atoms with E-state index in [-0.39, 0.29) is 5.97 Å². The fourth-order valence-corrected chi connectivity index (χ4v) is 2.12. The molecule has 0 aromatic carbocycles. The van der Waals surface area contributed by atoms with Crippen LogP contribution in [0.5, 0.6) is 0 Å². The van der Waals surface area contributed by atoms with Gasteiger partial charge >= 0.3 is 5.97 Å². The van der Waals surface area contributed by atoms with Crippen molar-refractivity contribution in [2.45, 2.75) is 65.8 Å². The van der Waals surface area contributed by atoms with Crippen LogP contribution in [0.2, 0.25) is 0 Å². The number of carbonyl (C=O) groups excluding carboxylic acids is 1. The lowest BCUT2D eigenvalue weighted by molar-refractivity contribution is -0.143. The standard InChI is InChI=1S/C15H31NO2/c1-6-18-15(17)10-8-7-9-11-16(5)14(4)12-13(2)3/h13-14H,6-12H2,1-5H3. The summed E-state index contributed by atoms with van der Waals surface area (Å²) >= 11 is 0. The fraction of sp³-hybridized carbons (Fsp3) is 0.933. The van der Waals surface area contributed by atoms with E-state index in [2.05, 4.69) is 32.7 Å². The zero-order valence-electron chi connectivity index (χ0n) is 12.9. The third kappa shape index (κ3) is 9.46. The summed E-state index contributed by atoms with van der Waals surface area (Å²) < 4.78 is 4.90. The van der Waals surface area contributed by atoms with Gasteiger partial charge in [-0.15, -0.1) is 0 Å². The summed E-state index contributed by atoms with van der Waals surface area (Å²) in [5.41, 5.74) is 0. The van der Waals surface area contributed by atoms with Crippen molar-refractivity contribution in [3.05, 3.63) is 0 Å². The molecule has 0 aromatic rings. The second-order valence-corrected chi connectivity index (χ2v) is 5.57. The van der Waals surface area contributed by atoms with Crippen LogP contribution in [0, 0.1) is 5.92 Å². The number of hydrogen-bond donors (Lipinski definition) is 0. The van der Waals surface area contributed by atoms with Crippen LogP contribution in [-0.4, -0.2) is 37.1 Å². The normalized spacial score (nSPS) is 13.1. The van der Waals surface area contributed by atoms with Gasteiger partial charge in [0.05, 0.1) is 6.61 Å². The van der Waals surface area contributed by atoms with Crippen LogP contribution in [0.25, 0.3) is 0 Å². The van der Waals surface area contributed by atoms with Gasteiger partial charge in [-0.3, -0.25) is 4.79 Å². The molecule has 3 nitrogen and oxygen atoms in total. The molecular weight excluding hydrogens is 226 g/mol. The molecule has 0 rings (SSSR count). The molecule has 0 aliphatic heterocycles. The maximum atomic E-state index is 11.1. The highest BCUT2D eigenvalue weighted by Gasteiger charge is 2.10. The molecule has 1 atom stereocenters. The van der Waals surface area contributed by atoms with Gasteiger partial charge in [0.15, 0.2) is 0 Å². The van der Waals surface area contributed by atoms with E-state index in [0.29, 0.717) is 19.1 Å². The molecule has 0 spiro atoms. The van der Waals surface area contributed by atoms with Crippen molar-refractivity contribution in [2.24, 2.45) is 5.92 Å². The number of carbonyl (C=O) groups is 1. The van der Waals surface area contributed by atoms with Gasteiger partial charge in [-0.05, 0) is 52.6 Å². The quantitative estimate of drug-likeness (QED) is 0.443.